The van der Waals surface area contributed by atoms with Crippen molar-refractivity contribution >= 4 is 5.82 Å². The molecule has 0 unspecified atom stereocenters. The molecule has 0 atom stereocenters. The fraction of sp³-hybridized carbons (Fsp3) is 0.440. The first-order chi connectivity index (χ1) is 14.7. The zero-order valence-electron chi connectivity index (χ0n) is 18.2. The molecular formula is C25H33N5. The molecule has 0 aliphatic carbocycles. The van der Waals surface area contributed by atoms with Gasteiger partial charge in [0.15, 0.2) is 0 Å². The number of nitrogens with zero attached hydrogens (tertiary/aromatic N) is 5. The number of benzene rings is 1. The molecule has 4 rings (SSSR count). The average molecular weight is 404 g/mol. The molecule has 0 radical (unpaired) electrons. The number of hydrogen-bond acceptors (Lipinski definition) is 4. The van der Waals surface area contributed by atoms with Crippen molar-refractivity contribution in [2.24, 2.45) is 0 Å². The number of anilines is 1. The Morgan fingerprint density at radius 3 is 2.37 bits per heavy atom. The lowest BCUT2D eigenvalue weighted by molar-refractivity contribution is 0.252. The summed E-state index contributed by atoms with van der Waals surface area (Å²) in [6, 6.07) is 19.0. The third kappa shape index (κ3) is 5.08. The maximum Gasteiger partial charge on any atom is 0.128 e. The lowest BCUT2D eigenvalue weighted by Gasteiger charge is -2.35. The van der Waals surface area contributed by atoms with Crippen LogP contribution in [0.3, 0.4) is 0 Å². The molecule has 1 fully saturated rings. The van der Waals surface area contributed by atoms with Crippen LogP contribution in [0.25, 0.3) is 5.69 Å². The predicted octanol–water partition coefficient (Wildman–Crippen LogP) is 4.54. The molecule has 0 spiro atoms. The van der Waals surface area contributed by atoms with Crippen LogP contribution >= 0.6 is 0 Å². The second kappa shape index (κ2) is 9.90. The molecule has 0 saturated carbocycles. The molecule has 1 aromatic carbocycles. The van der Waals surface area contributed by atoms with E-state index in [1.807, 2.05) is 12.3 Å². The minimum atomic E-state index is 0.448. The van der Waals surface area contributed by atoms with E-state index in [9.17, 15) is 0 Å². The highest BCUT2D eigenvalue weighted by Crippen LogP contribution is 2.20. The molecule has 158 valence electrons. The van der Waals surface area contributed by atoms with Crippen molar-refractivity contribution in [3.8, 4) is 5.69 Å². The predicted molar refractivity (Wildman–Crippen MR) is 123 cm³/mol. The fourth-order valence-corrected chi connectivity index (χ4v) is 4.08. The zero-order chi connectivity index (χ0) is 20.8. The van der Waals surface area contributed by atoms with Crippen LogP contribution in [0.5, 0.6) is 0 Å². The summed E-state index contributed by atoms with van der Waals surface area (Å²) >= 11 is 0. The monoisotopic (exact) mass is 403 g/mol. The Hall–Kier alpha value is -2.66. The summed E-state index contributed by atoms with van der Waals surface area (Å²) in [7, 11) is 0. The van der Waals surface area contributed by atoms with Crippen molar-refractivity contribution in [2.45, 2.75) is 39.0 Å². The molecule has 1 aliphatic heterocycles. The van der Waals surface area contributed by atoms with Gasteiger partial charge in [-0.15, -0.1) is 0 Å². The number of piperazine rings is 1. The van der Waals surface area contributed by atoms with Crippen LogP contribution in [0.2, 0.25) is 0 Å². The summed E-state index contributed by atoms with van der Waals surface area (Å²) in [4.78, 5) is 9.47. The Balaban J connectivity index is 1.27. The van der Waals surface area contributed by atoms with Gasteiger partial charge in [0.05, 0.1) is 11.4 Å². The summed E-state index contributed by atoms with van der Waals surface area (Å²) in [6.45, 7) is 9.97. The van der Waals surface area contributed by atoms with Crippen LogP contribution in [-0.2, 0) is 6.42 Å². The minimum Gasteiger partial charge on any atom is -0.354 e. The normalized spacial score (nSPS) is 15.1. The van der Waals surface area contributed by atoms with Crippen LogP contribution in [0, 0.1) is 0 Å². The fourth-order valence-electron chi connectivity index (χ4n) is 4.08. The highest BCUT2D eigenvalue weighted by atomic mass is 15.3. The van der Waals surface area contributed by atoms with Crippen molar-refractivity contribution < 1.29 is 0 Å². The van der Waals surface area contributed by atoms with Crippen molar-refractivity contribution in [2.75, 3.05) is 37.6 Å². The van der Waals surface area contributed by atoms with Crippen molar-refractivity contribution in [1.82, 2.24) is 19.7 Å². The first-order valence-corrected chi connectivity index (χ1v) is 11.2. The molecule has 5 heteroatoms. The number of para-hydroxylation sites is 1. The van der Waals surface area contributed by atoms with Crippen LogP contribution in [0.1, 0.15) is 44.0 Å². The molecule has 30 heavy (non-hydrogen) atoms. The zero-order valence-corrected chi connectivity index (χ0v) is 18.2. The van der Waals surface area contributed by atoms with E-state index in [4.69, 9.17) is 5.10 Å². The SMILES string of the molecule is CC(C)c1cc(CCCCN2CCN(c3ccccn3)CC2)n(-c2ccccc2)n1. The lowest BCUT2D eigenvalue weighted by Crippen LogP contribution is -2.46. The average Bonchev–Trinajstić information content (AvgIpc) is 3.23. The Labute approximate surface area is 180 Å². The van der Waals surface area contributed by atoms with E-state index in [1.54, 1.807) is 0 Å². The van der Waals surface area contributed by atoms with Crippen LogP contribution in [0.4, 0.5) is 5.82 Å². The maximum absolute atomic E-state index is 4.88. The molecule has 0 N–H and O–H groups in total. The molecule has 3 heterocycles. The third-order valence-electron chi connectivity index (χ3n) is 5.90. The Bertz CT molecular complexity index is 896. The van der Waals surface area contributed by atoms with Gasteiger partial charge in [-0.2, -0.15) is 5.10 Å². The van der Waals surface area contributed by atoms with Crippen LogP contribution < -0.4 is 4.90 Å². The first kappa shape index (κ1) is 20.6. The molecule has 2 aromatic heterocycles. The van der Waals surface area contributed by atoms with Crippen LogP contribution in [0.15, 0.2) is 60.8 Å². The number of aromatic nitrogens is 3. The highest BCUT2D eigenvalue weighted by molar-refractivity contribution is 5.38. The molecule has 5 nitrogen and oxygen atoms in total. The summed E-state index contributed by atoms with van der Waals surface area (Å²) < 4.78 is 2.14. The second-order valence-corrected chi connectivity index (χ2v) is 8.44. The van der Waals surface area contributed by atoms with Gasteiger partial charge < -0.3 is 4.90 Å². The summed E-state index contributed by atoms with van der Waals surface area (Å²) in [5.74, 6) is 1.55. The third-order valence-corrected chi connectivity index (χ3v) is 5.90. The molecule has 1 aliphatic rings. The van der Waals surface area contributed by atoms with Crippen molar-refractivity contribution in [3.63, 3.8) is 0 Å². The Morgan fingerprint density at radius 2 is 1.67 bits per heavy atom. The molecule has 0 amide bonds. The molecule has 3 aromatic rings. The van der Waals surface area contributed by atoms with Gasteiger partial charge in [-0.05, 0) is 62.1 Å². The van der Waals surface area contributed by atoms with E-state index in [0.717, 1.165) is 44.1 Å². The lowest BCUT2D eigenvalue weighted by atomic mass is 10.1. The van der Waals surface area contributed by atoms with E-state index in [0.29, 0.717) is 5.92 Å². The van der Waals surface area contributed by atoms with E-state index in [2.05, 4.69) is 81.8 Å². The van der Waals surface area contributed by atoms with Gasteiger partial charge in [-0.25, -0.2) is 9.67 Å². The van der Waals surface area contributed by atoms with Gasteiger partial charge in [-0.3, -0.25) is 4.90 Å². The van der Waals surface area contributed by atoms with Gasteiger partial charge in [0, 0.05) is 38.1 Å². The summed E-state index contributed by atoms with van der Waals surface area (Å²) in [6.07, 6.45) is 5.37. The maximum atomic E-state index is 4.88. The quantitative estimate of drug-likeness (QED) is 0.518. The Kier molecular flexibility index (Phi) is 6.80. The Morgan fingerprint density at radius 1 is 0.900 bits per heavy atom. The number of rotatable bonds is 8. The van der Waals surface area contributed by atoms with E-state index in [-0.39, 0.29) is 0 Å². The van der Waals surface area contributed by atoms with Gasteiger partial charge in [0.2, 0.25) is 0 Å². The number of unbranched alkanes of at least 4 members (excludes halogenated alkanes) is 1. The topological polar surface area (TPSA) is 37.2 Å². The number of pyridine rings is 1. The van der Waals surface area contributed by atoms with E-state index >= 15 is 0 Å². The first-order valence-electron chi connectivity index (χ1n) is 11.2. The second-order valence-electron chi connectivity index (χ2n) is 8.44. The van der Waals surface area contributed by atoms with Gasteiger partial charge in [0.1, 0.15) is 5.82 Å². The number of aryl methyl sites for hydroxylation is 1. The van der Waals surface area contributed by atoms with E-state index in [1.165, 1.54) is 30.8 Å². The van der Waals surface area contributed by atoms with Gasteiger partial charge in [-0.1, -0.05) is 38.1 Å². The van der Waals surface area contributed by atoms with Gasteiger partial charge in [0.25, 0.3) is 0 Å². The summed E-state index contributed by atoms with van der Waals surface area (Å²) in [5.41, 5.74) is 3.66. The van der Waals surface area contributed by atoms with Crippen molar-refractivity contribution in [1.29, 1.82) is 0 Å². The van der Waals surface area contributed by atoms with Crippen molar-refractivity contribution in [3.05, 3.63) is 72.2 Å². The largest absolute Gasteiger partial charge is 0.354 e. The standard InChI is InChI=1S/C25H33N5/c1-21(2)24-20-23(30(27-24)22-10-4-3-5-11-22)12-7-9-15-28-16-18-29(19-17-28)25-13-6-8-14-26-25/h3-6,8,10-11,13-14,20-21H,7,9,12,15-19H2,1-2H3. The smallest absolute Gasteiger partial charge is 0.128 e. The molecule has 1 saturated heterocycles. The number of hydrogen-bond donors (Lipinski definition) is 0. The minimum absolute atomic E-state index is 0.448. The van der Waals surface area contributed by atoms with Gasteiger partial charge >= 0.3 is 0 Å². The molecule has 0 bridgehead atoms. The molecular weight excluding hydrogens is 370 g/mol. The van der Waals surface area contributed by atoms with E-state index < -0.39 is 0 Å². The van der Waals surface area contributed by atoms with Crippen LogP contribution in [-0.4, -0.2) is 52.4 Å². The summed E-state index contributed by atoms with van der Waals surface area (Å²) in [5, 5.41) is 4.88. The highest BCUT2D eigenvalue weighted by Gasteiger charge is 2.17.